The molecule has 0 aromatic carbocycles. The van der Waals surface area contributed by atoms with Crippen LogP contribution < -0.4 is 11.3 Å². The van der Waals surface area contributed by atoms with E-state index in [-0.39, 0.29) is 23.5 Å². The van der Waals surface area contributed by atoms with Gasteiger partial charge in [0.05, 0.1) is 16.2 Å². The molecule has 1 rings (SSSR count). The summed E-state index contributed by atoms with van der Waals surface area (Å²) < 4.78 is 24.3. The van der Waals surface area contributed by atoms with Crippen LogP contribution in [0.2, 0.25) is 0 Å². The van der Waals surface area contributed by atoms with E-state index in [0.717, 1.165) is 0 Å². The third-order valence-corrected chi connectivity index (χ3v) is 5.17. The molecule has 0 atom stereocenters. The van der Waals surface area contributed by atoms with Gasteiger partial charge in [-0.25, -0.2) is 8.42 Å². The second-order valence-corrected chi connectivity index (χ2v) is 7.76. The molecule has 0 radical (unpaired) electrons. The molecule has 0 fully saturated rings. The van der Waals surface area contributed by atoms with Gasteiger partial charge in [0.15, 0.2) is 9.84 Å². The van der Waals surface area contributed by atoms with E-state index in [1.54, 1.807) is 26.8 Å². The summed E-state index contributed by atoms with van der Waals surface area (Å²) in [5.74, 6) is -0.0696. The Labute approximate surface area is 101 Å². The molecule has 0 saturated carbocycles. The molecule has 96 valence electrons. The molecule has 1 aromatic heterocycles. The van der Waals surface area contributed by atoms with Crippen LogP contribution >= 0.6 is 0 Å². The van der Waals surface area contributed by atoms with Crippen LogP contribution in [-0.4, -0.2) is 23.5 Å². The number of rotatable bonds is 3. The summed E-state index contributed by atoms with van der Waals surface area (Å²) in [5.41, 5.74) is 5.24. The van der Waals surface area contributed by atoms with E-state index in [0.29, 0.717) is 0 Å². The topological polar surface area (TPSA) is 82.2 Å². The number of pyridine rings is 1. The number of sulfone groups is 1. The van der Waals surface area contributed by atoms with Gasteiger partial charge >= 0.3 is 0 Å². The van der Waals surface area contributed by atoms with Crippen molar-refractivity contribution in [1.29, 1.82) is 0 Å². The Hall–Kier alpha value is -1.30. The molecule has 0 aliphatic rings. The van der Waals surface area contributed by atoms with E-state index < -0.39 is 14.6 Å². The summed E-state index contributed by atoms with van der Waals surface area (Å²) in [7, 11) is -3.23. The molecule has 1 heterocycles. The van der Waals surface area contributed by atoms with Crippen molar-refractivity contribution in [3.8, 4) is 0 Å². The van der Waals surface area contributed by atoms with Crippen LogP contribution in [-0.2, 0) is 16.4 Å². The van der Waals surface area contributed by atoms with E-state index in [1.807, 2.05) is 0 Å². The van der Waals surface area contributed by atoms with Crippen LogP contribution in [0.15, 0.2) is 23.1 Å². The molecule has 0 aliphatic heterocycles. The highest BCUT2D eigenvalue weighted by molar-refractivity contribution is 7.92. The van der Waals surface area contributed by atoms with Gasteiger partial charge in [-0.1, -0.05) is 0 Å². The van der Waals surface area contributed by atoms with Crippen molar-refractivity contribution in [3.05, 3.63) is 28.7 Å². The Morgan fingerprint density at radius 2 is 1.94 bits per heavy atom. The second-order valence-electron chi connectivity index (χ2n) is 4.89. The molecule has 0 amide bonds. The van der Waals surface area contributed by atoms with Gasteiger partial charge in [-0.3, -0.25) is 4.79 Å². The lowest BCUT2D eigenvalue weighted by Crippen LogP contribution is -2.34. The molecule has 0 aliphatic carbocycles. The van der Waals surface area contributed by atoms with Crippen molar-refractivity contribution >= 4 is 15.5 Å². The Kier molecular flexibility index (Phi) is 3.66. The first-order chi connectivity index (χ1) is 7.65. The maximum atomic E-state index is 11.9. The Bertz CT molecular complexity index is 553. The molecule has 0 bridgehead atoms. The van der Waals surface area contributed by atoms with Gasteiger partial charge < -0.3 is 10.3 Å². The largest absolute Gasteiger partial charge is 0.394 e. The average Bonchev–Trinajstić information content (AvgIpc) is 2.18. The summed E-state index contributed by atoms with van der Waals surface area (Å²) in [6.45, 7) is 5.06. The zero-order valence-electron chi connectivity index (χ0n) is 10.3. The minimum absolute atomic E-state index is 0.0696. The zero-order chi connectivity index (χ0) is 13.3. The summed E-state index contributed by atoms with van der Waals surface area (Å²) in [5, 5.41) is 0. The van der Waals surface area contributed by atoms with Crippen molar-refractivity contribution in [2.75, 3.05) is 11.5 Å². The molecule has 5 nitrogen and oxygen atoms in total. The summed E-state index contributed by atoms with van der Waals surface area (Å²) in [6, 6.07) is 3.12. The lowest BCUT2D eigenvalue weighted by molar-refractivity contribution is 0.552. The van der Waals surface area contributed by atoms with Gasteiger partial charge in [0, 0.05) is 12.7 Å². The number of anilines is 1. The van der Waals surface area contributed by atoms with Gasteiger partial charge in [0.1, 0.15) is 0 Å². The highest BCUT2D eigenvalue weighted by Gasteiger charge is 2.28. The zero-order valence-corrected chi connectivity index (χ0v) is 11.1. The van der Waals surface area contributed by atoms with Crippen LogP contribution in [0, 0.1) is 0 Å². The normalized spacial score (nSPS) is 12.6. The van der Waals surface area contributed by atoms with Crippen molar-refractivity contribution in [3.63, 3.8) is 0 Å². The number of aromatic nitrogens is 1. The monoisotopic (exact) mass is 258 g/mol. The third kappa shape index (κ3) is 3.09. The Balaban J connectivity index is 2.90. The fourth-order valence-electron chi connectivity index (χ4n) is 1.26. The fraction of sp³-hybridized carbons (Fsp3) is 0.545. The van der Waals surface area contributed by atoms with E-state index in [4.69, 9.17) is 5.73 Å². The van der Waals surface area contributed by atoms with Gasteiger partial charge in [-0.05, 0) is 32.9 Å². The van der Waals surface area contributed by atoms with E-state index in [2.05, 4.69) is 0 Å². The first-order valence-electron chi connectivity index (χ1n) is 5.32. The summed E-state index contributed by atoms with van der Waals surface area (Å²) >= 11 is 0. The van der Waals surface area contributed by atoms with Crippen molar-refractivity contribution in [1.82, 2.24) is 4.57 Å². The smallest absolute Gasteiger partial charge is 0.273 e. The summed E-state index contributed by atoms with van der Waals surface area (Å²) in [6.07, 6.45) is 1.54. The van der Waals surface area contributed by atoms with Crippen LogP contribution in [0.3, 0.4) is 0 Å². The fourth-order valence-corrected chi connectivity index (χ4v) is 2.31. The SMILES string of the molecule is CC(C)(C)S(=O)(=O)CCn1cccc(N)c1=O. The van der Waals surface area contributed by atoms with E-state index in [1.165, 1.54) is 16.8 Å². The minimum atomic E-state index is -3.23. The van der Waals surface area contributed by atoms with Gasteiger partial charge in [-0.15, -0.1) is 0 Å². The van der Waals surface area contributed by atoms with Crippen LogP contribution in [0.1, 0.15) is 20.8 Å². The number of nitrogen functional groups attached to an aromatic ring is 1. The molecule has 17 heavy (non-hydrogen) atoms. The van der Waals surface area contributed by atoms with Gasteiger partial charge in [-0.2, -0.15) is 0 Å². The number of aryl methyl sites for hydroxylation is 1. The molecular formula is C11H18N2O3S. The predicted octanol–water partition coefficient (Wildman–Crippen LogP) is 0.644. The predicted molar refractivity (Wildman–Crippen MR) is 68.7 cm³/mol. The van der Waals surface area contributed by atoms with Crippen molar-refractivity contribution < 1.29 is 8.42 Å². The van der Waals surface area contributed by atoms with Gasteiger partial charge in [0.2, 0.25) is 0 Å². The van der Waals surface area contributed by atoms with E-state index in [9.17, 15) is 13.2 Å². The third-order valence-electron chi connectivity index (χ3n) is 2.58. The lowest BCUT2D eigenvalue weighted by Gasteiger charge is -2.19. The Morgan fingerprint density at radius 3 is 2.47 bits per heavy atom. The number of hydrogen-bond donors (Lipinski definition) is 1. The average molecular weight is 258 g/mol. The first-order valence-corrected chi connectivity index (χ1v) is 6.97. The quantitative estimate of drug-likeness (QED) is 0.862. The molecular weight excluding hydrogens is 240 g/mol. The lowest BCUT2D eigenvalue weighted by atomic mass is 10.3. The first kappa shape index (κ1) is 13.8. The van der Waals surface area contributed by atoms with Crippen LogP contribution in [0.5, 0.6) is 0 Å². The standard InChI is InChI=1S/C11H18N2O3S/c1-11(2,3)17(15,16)8-7-13-6-4-5-9(12)10(13)14/h4-6H,7-8,12H2,1-3H3. The summed E-state index contributed by atoms with van der Waals surface area (Å²) in [4.78, 5) is 11.6. The second kappa shape index (κ2) is 4.52. The molecule has 1 aromatic rings. The highest BCUT2D eigenvalue weighted by Crippen LogP contribution is 2.15. The van der Waals surface area contributed by atoms with Crippen LogP contribution in [0.25, 0.3) is 0 Å². The maximum Gasteiger partial charge on any atom is 0.273 e. The van der Waals surface area contributed by atoms with Crippen LogP contribution in [0.4, 0.5) is 5.69 Å². The van der Waals surface area contributed by atoms with E-state index >= 15 is 0 Å². The minimum Gasteiger partial charge on any atom is -0.394 e. The van der Waals surface area contributed by atoms with Gasteiger partial charge in [0.25, 0.3) is 5.56 Å². The molecule has 0 saturated heterocycles. The molecule has 0 spiro atoms. The molecule has 2 N–H and O–H groups in total. The number of nitrogens with zero attached hydrogens (tertiary/aromatic N) is 1. The van der Waals surface area contributed by atoms with Crippen molar-refractivity contribution in [2.45, 2.75) is 32.1 Å². The number of hydrogen-bond acceptors (Lipinski definition) is 4. The van der Waals surface area contributed by atoms with Crippen molar-refractivity contribution in [2.24, 2.45) is 0 Å². The Morgan fingerprint density at radius 1 is 1.35 bits per heavy atom. The maximum absolute atomic E-state index is 11.9. The molecule has 0 unspecified atom stereocenters. The highest BCUT2D eigenvalue weighted by atomic mass is 32.2. The number of nitrogens with two attached hydrogens (primary N) is 1. The molecule has 6 heteroatoms.